The Bertz CT molecular complexity index is 861. The van der Waals surface area contributed by atoms with E-state index in [9.17, 15) is 10.1 Å². The van der Waals surface area contributed by atoms with Crippen LogP contribution in [0.15, 0.2) is 47.0 Å². The summed E-state index contributed by atoms with van der Waals surface area (Å²) in [6, 6.07) is 11.0. The van der Waals surface area contributed by atoms with Crippen LogP contribution in [0.1, 0.15) is 5.89 Å². The number of benzene rings is 2. The van der Waals surface area contributed by atoms with E-state index >= 15 is 0 Å². The lowest BCUT2D eigenvalue weighted by Gasteiger charge is -2.07. The van der Waals surface area contributed by atoms with Gasteiger partial charge in [0.05, 0.1) is 9.95 Å². The van der Waals surface area contributed by atoms with Crippen LogP contribution < -0.4 is 4.74 Å². The van der Waals surface area contributed by atoms with Gasteiger partial charge in [-0.1, -0.05) is 16.8 Å². The van der Waals surface area contributed by atoms with Gasteiger partial charge in [0.25, 0.3) is 5.69 Å². The van der Waals surface area contributed by atoms with Crippen LogP contribution in [-0.2, 0) is 0 Å². The van der Waals surface area contributed by atoms with Crippen molar-refractivity contribution in [3.8, 4) is 22.9 Å². The molecule has 0 fully saturated rings. The van der Waals surface area contributed by atoms with Crippen LogP contribution in [0.25, 0.3) is 11.4 Å². The quantitative estimate of drug-likeness (QED) is 0.519. The van der Waals surface area contributed by atoms with Gasteiger partial charge in [0.1, 0.15) is 11.5 Å². The number of nitrogens with zero attached hydrogens (tertiary/aromatic N) is 3. The molecule has 0 bridgehead atoms. The second-order valence-electron chi connectivity index (χ2n) is 4.64. The van der Waals surface area contributed by atoms with Gasteiger partial charge in [0.15, 0.2) is 0 Å². The summed E-state index contributed by atoms with van der Waals surface area (Å²) >= 11 is 5.99. The number of ether oxygens (including phenoxy) is 1. The number of aromatic nitrogens is 2. The number of hydrogen-bond donors (Lipinski definition) is 0. The summed E-state index contributed by atoms with van der Waals surface area (Å²) in [4.78, 5) is 14.3. The van der Waals surface area contributed by atoms with Crippen molar-refractivity contribution in [3.05, 3.63) is 63.5 Å². The number of nitro groups is 1. The second-order valence-corrected chi connectivity index (χ2v) is 5.04. The van der Waals surface area contributed by atoms with Crippen molar-refractivity contribution < 1.29 is 14.2 Å². The smallest absolute Gasteiger partial charge is 0.271 e. The molecule has 8 heteroatoms. The fraction of sp³-hybridized carbons (Fsp3) is 0.0667. The second kappa shape index (κ2) is 6.05. The molecule has 3 aromatic rings. The normalized spacial score (nSPS) is 10.5. The van der Waals surface area contributed by atoms with E-state index in [0.717, 1.165) is 5.56 Å². The van der Waals surface area contributed by atoms with Gasteiger partial charge in [-0.15, -0.1) is 0 Å². The van der Waals surface area contributed by atoms with E-state index in [4.69, 9.17) is 20.9 Å². The molecule has 23 heavy (non-hydrogen) atoms. The Kier molecular flexibility index (Phi) is 3.94. The molecule has 116 valence electrons. The molecule has 0 amide bonds. The van der Waals surface area contributed by atoms with Gasteiger partial charge < -0.3 is 9.26 Å². The number of aryl methyl sites for hydroxylation is 1. The first kappa shape index (κ1) is 15.0. The summed E-state index contributed by atoms with van der Waals surface area (Å²) in [5.41, 5.74) is 0.689. The minimum Gasteiger partial charge on any atom is -0.456 e. The molecule has 0 aliphatic heterocycles. The Labute approximate surface area is 135 Å². The zero-order chi connectivity index (χ0) is 16.4. The van der Waals surface area contributed by atoms with Crippen LogP contribution in [0, 0.1) is 17.0 Å². The highest BCUT2D eigenvalue weighted by atomic mass is 35.5. The highest BCUT2D eigenvalue weighted by molar-refractivity contribution is 6.32. The van der Waals surface area contributed by atoms with Crippen molar-refractivity contribution in [2.75, 3.05) is 0 Å². The van der Waals surface area contributed by atoms with Crippen LogP contribution in [0.3, 0.4) is 0 Å². The highest BCUT2D eigenvalue weighted by Gasteiger charge is 2.11. The monoisotopic (exact) mass is 331 g/mol. The minimum absolute atomic E-state index is 0.0924. The third-order valence-corrected chi connectivity index (χ3v) is 3.29. The van der Waals surface area contributed by atoms with Gasteiger partial charge >= 0.3 is 0 Å². The Morgan fingerprint density at radius 2 is 1.96 bits per heavy atom. The minimum atomic E-state index is -0.517. The predicted molar refractivity (Wildman–Crippen MR) is 82.7 cm³/mol. The van der Waals surface area contributed by atoms with Gasteiger partial charge in [-0.05, 0) is 30.3 Å². The van der Waals surface area contributed by atoms with E-state index in [1.807, 2.05) is 0 Å². The van der Waals surface area contributed by atoms with Gasteiger partial charge in [-0.3, -0.25) is 10.1 Å². The van der Waals surface area contributed by atoms with Crippen LogP contribution in [0.4, 0.5) is 5.69 Å². The lowest BCUT2D eigenvalue weighted by atomic mass is 10.2. The Morgan fingerprint density at radius 3 is 2.52 bits per heavy atom. The molecule has 0 spiro atoms. The predicted octanol–water partition coefficient (Wildman–Crippen LogP) is 4.40. The first-order valence-electron chi connectivity index (χ1n) is 6.55. The molecule has 1 aromatic heterocycles. The Balaban J connectivity index is 1.79. The fourth-order valence-corrected chi connectivity index (χ4v) is 2.11. The number of halogens is 1. The van der Waals surface area contributed by atoms with Gasteiger partial charge in [-0.25, -0.2) is 0 Å². The van der Waals surface area contributed by atoms with Crippen molar-refractivity contribution in [1.82, 2.24) is 10.1 Å². The standard InChI is InChI=1S/C15H10ClN3O4/c1-9-17-15(18-23-9)10-2-5-12(6-3-10)22-14-7-4-11(19(20)21)8-13(14)16/h2-8H,1H3. The molecule has 0 radical (unpaired) electrons. The van der Waals surface area contributed by atoms with Crippen molar-refractivity contribution in [1.29, 1.82) is 0 Å². The molecule has 0 saturated heterocycles. The molecule has 7 nitrogen and oxygen atoms in total. The summed E-state index contributed by atoms with van der Waals surface area (Å²) in [5.74, 6) is 1.84. The SMILES string of the molecule is Cc1nc(-c2ccc(Oc3ccc([N+](=O)[O-])cc3Cl)cc2)no1. The van der Waals surface area contributed by atoms with Crippen LogP contribution in [0.5, 0.6) is 11.5 Å². The number of nitro benzene ring substituents is 1. The first-order chi connectivity index (χ1) is 11.0. The third-order valence-electron chi connectivity index (χ3n) is 2.99. The first-order valence-corrected chi connectivity index (χ1v) is 6.93. The molecule has 0 unspecified atom stereocenters. The van der Waals surface area contributed by atoms with E-state index in [2.05, 4.69) is 10.1 Å². The summed E-state index contributed by atoms with van der Waals surface area (Å²) in [7, 11) is 0. The fourth-order valence-electron chi connectivity index (χ4n) is 1.90. The average molecular weight is 332 g/mol. The van der Waals surface area contributed by atoms with Crippen molar-refractivity contribution in [2.45, 2.75) is 6.92 Å². The molecule has 0 aliphatic rings. The van der Waals surface area contributed by atoms with Crippen LogP contribution in [0.2, 0.25) is 5.02 Å². The molecular weight excluding hydrogens is 322 g/mol. The van der Waals surface area contributed by atoms with Crippen molar-refractivity contribution >= 4 is 17.3 Å². The van der Waals surface area contributed by atoms with Crippen molar-refractivity contribution in [3.63, 3.8) is 0 Å². The molecule has 0 atom stereocenters. The summed E-state index contributed by atoms with van der Waals surface area (Å²) in [6.45, 7) is 1.71. The molecular formula is C15H10ClN3O4. The summed E-state index contributed by atoms with van der Waals surface area (Å²) in [6.07, 6.45) is 0. The van der Waals surface area contributed by atoms with E-state index in [1.54, 1.807) is 31.2 Å². The number of rotatable bonds is 4. The average Bonchev–Trinajstić information content (AvgIpc) is 2.96. The van der Waals surface area contributed by atoms with Crippen molar-refractivity contribution in [2.24, 2.45) is 0 Å². The number of non-ortho nitro benzene ring substituents is 1. The largest absolute Gasteiger partial charge is 0.456 e. The third kappa shape index (κ3) is 3.29. The van der Waals surface area contributed by atoms with E-state index in [-0.39, 0.29) is 10.7 Å². The summed E-state index contributed by atoms with van der Waals surface area (Å²) in [5, 5.41) is 14.7. The van der Waals surface area contributed by atoms with Gasteiger partial charge in [0.2, 0.25) is 11.7 Å². The maximum absolute atomic E-state index is 10.7. The lowest BCUT2D eigenvalue weighted by molar-refractivity contribution is -0.384. The van der Waals surface area contributed by atoms with Gasteiger partial charge in [-0.2, -0.15) is 4.98 Å². The zero-order valence-electron chi connectivity index (χ0n) is 11.9. The molecule has 0 saturated carbocycles. The molecule has 3 rings (SSSR count). The van der Waals surface area contributed by atoms with E-state index < -0.39 is 4.92 Å². The maximum atomic E-state index is 10.7. The maximum Gasteiger partial charge on any atom is 0.271 e. The number of hydrogen-bond acceptors (Lipinski definition) is 6. The van der Waals surface area contributed by atoms with Crippen LogP contribution in [-0.4, -0.2) is 15.1 Å². The van der Waals surface area contributed by atoms with Gasteiger partial charge in [0, 0.05) is 24.6 Å². The molecule has 0 N–H and O–H groups in total. The topological polar surface area (TPSA) is 91.3 Å². The zero-order valence-corrected chi connectivity index (χ0v) is 12.6. The Hall–Kier alpha value is -2.93. The molecule has 1 heterocycles. The molecule has 0 aliphatic carbocycles. The van der Waals surface area contributed by atoms with Crippen LogP contribution >= 0.6 is 11.6 Å². The van der Waals surface area contributed by atoms with E-state index in [0.29, 0.717) is 23.2 Å². The lowest BCUT2D eigenvalue weighted by Crippen LogP contribution is -1.90. The Morgan fingerprint density at radius 1 is 1.22 bits per heavy atom. The van der Waals surface area contributed by atoms with E-state index in [1.165, 1.54) is 18.2 Å². The summed E-state index contributed by atoms with van der Waals surface area (Å²) < 4.78 is 10.5. The highest BCUT2D eigenvalue weighted by Crippen LogP contribution is 2.32. The molecule has 2 aromatic carbocycles.